The third-order valence-corrected chi connectivity index (χ3v) is 3.89. The molecule has 0 bridgehead atoms. The van der Waals surface area contributed by atoms with E-state index in [2.05, 4.69) is 5.32 Å². The summed E-state index contributed by atoms with van der Waals surface area (Å²) in [7, 11) is 0. The predicted molar refractivity (Wildman–Crippen MR) is 61.7 cm³/mol. The topological polar surface area (TPSA) is 75.4 Å². The Balaban J connectivity index is 1.73. The molecule has 1 amide bonds. The normalized spacial score (nSPS) is 31.4. The lowest BCUT2D eigenvalue weighted by molar-refractivity contribution is -0.122. The maximum Gasteiger partial charge on any atom is 0.221 e. The van der Waals surface area contributed by atoms with E-state index in [1.165, 1.54) is 12.8 Å². The van der Waals surface area contributed by atoms with Gasteiger partial charge < -0.3 is 16.2 Å². The first-order valence-electron chi connectivity index (χ1n) is 6.36. The molecule has 2 aliphatic rings. The van der Waals surface area contributed by atoms with Crippen molar-refractivity contribution in [3.8, 4) is 0 Å². The Morgan fingerprint density at radius 2 is 2.12 bits per heavy atom. The Kier molecular flexibility index (Phi) is 3.82. The number of hydrogen-bond acceptors (Lipinski definition) is 3. The molecule has 16 heavy (non-hydrogen) atoms. The first-order valence-corrected chi connectivity index (χ1v) is 6.36. The Morgan fingerprint density at radius 3 is 2.75 bits per heavy atom. The summed E-state index contributed by atoms with van der Waals surface area (Å²) in [6, 6.07) is 0.206. The third kappa shape index (κ3) is 2.95. The summed E-state index contributed by atoms with van der Waals surface area (Å²) in [5.41, 5.74) is 5.91. The predicted octanol–water partition coefficient (Wildman–Crippen LogP) is 0.391. The van der Waals surface area contributed by atoms with E-state index in [-0.39, 0.29) is 30.5 Å². The highest BCUT2D eigenvalue weighted by Gasteiger charge is 2.32. The number of rotatable bonds is 5. The Morgan fingerprint density at radius 1 is 1.38 bits per heavy atom. The lowest BCUT2D eigenvalue weighted by Crippen LogP contribution is -2.41. The van der Waals surface area contributed by atoms with Gasteiger partial charge in [0.05, 0.1) is 0 Å². The highest BCUT2D eigenvalue weighted by atomic mass is 16.3. The molecule has 2 rings (SSSR count). The van der Waals surface area contributed by atoms with Crippen LogP contribution in [0.1, 0.15) is 38.5 Å². The average Bonchev–Trinajstić information content (AvgIpc) is 3.00. The molecule has 0 aliphatic heterocycles. The molecule has 2 saturated carbocycles. The summed E-state index contributed by atoms with van der Waals surface area (Å²) < 4.78 is 0. The molecule has 2 aliphatic carbocycles. The smallest absolute Gasteiger partial charge is 0.221 e. The fourth-order valence-electron chi connectivity index (χ4n) is 2.62. The molecule has 4 nitrogen and oxygen atoms in total. The van der Waals surface area contributed by atoms with Crippen molar-refractivity contribution < 1.29 is 9.90 Å². The second kappa shape index (κ2) is 5.15. The number of hydrogen-bond donors (Lipinski definition) is 3. The molecule has 0 saturated heterocycles. The summed E-state index contributed by atoms with van der Waals surface area (Å²) in [5.74, 6) is 0.883. The summed E-state index contributed by atoms with van der Waals surface area (Å²) in [6.07, 6.45) is 5.92. The Bertz CT molecular complexity index is 253. The minimum Gasteiger partial charge on any atom is -0.396 e. The van der Waals surface area contributed by atoms with Gasteiger partial charge in [-0.05, 0) is 31.6 Å². The minimum absolute atomic E-state index is 0.0361. The molecule has 0 radical (unpaired) electrons. The molecule has 0 aromatic rings. The first-order chi connectivity index (χ1) is 7.70. The SMILES string of the molecule is NC(CC(=O)NC1CCCC1CO)C1CC1. The number of carbonyl (C=O) groups excluding carboxylic acids is 1. The van der Waals surface area contributed by atoms with Crippen molar-refractivity contribution in [1.29, 1.82) is 0 Å². The molecular formula is C12H22N2O2. The number of aliphatic hydroxyl groups is 1. The van der Waals surface area contributed by atoms with E-state index in [4.69, 9.17) is 10.8 Å². The van der Waals surface area contributed by atoms with Gasteiger partial charge in [0.25, 0.3) is 0 Å². The van der Waals surface area contributed by atoms with E-state index in [0.29, 0.717) is 12.3 Å². The van der Waals surface area contributed by atoms with Crippen LogP contribution in [-0.4, -0.2) is 29.7 Å². The van der Waals surface area contributed by atoms with Crippen molar-refractivity contribution in [2.75, 3.05) is 6.61 Å². The quantitative estimate of drug-likeness (QED) is 0.635. The molecule has 0 aromatic heterocycles. The van der Waals surface area contributed by atoms with Crippen LogP contribution in [0.15, 0.2) is 0 Å². The molecular weight excluding hydrogens is 204 g/mol. The fourth-order valence-corrected chi connectivity index (χ4v) is 2.62. The van der Waals surface area contributed by atoms with E-state index in [1.54, 1.807) is 0 Å². The van der Waals surface area contributed by atoms with Crippen LogP contribution in [0, 0.1) is 11.8 Å². The number of nitrogens with one attached hydrogen (secondary N) is 1. The molecule has 3 unspecified atom stereocenters. The standard InChI is InChI=1S/C12H22N2O2/c13-10(8-4-5-8)6-12(16)14-11-3-1-2-9(11)7-15/h8-11,15H,1-7,13H2,(H,14,16). The number of amides is 1. The highest BCUT2D eigenvalue weighted by Crippen LogP contribution is 2.33. The van der Waals surface area contributed by atoms with Crippen LogP contribution in [-0.2, 0) is 4.79 Å². The van der Waals surface area contributed by atoms with E-state index in [9.17, 15) is 4.79 Å². The zero-order valence-corrected chi connectivity index (χ0v) is 9.69. The number of carbonyl (C=O) groups is 1. The Hall–Kier alpha value is -0.610. The Labute approximate surface area is 96.6 Å². The van der Waals surface area contributed by atoms with Gasteiger partial charge in [0.1, 0.15) is 0 Å². The number of aliphatic hydroxyl groups excluding tert-OH is 1. The van der Waals surface area contributed by atoms with E-state index >= 15 is 0 Å². The third-order valence-electron chi connectivity index (χ3n) is 3.89. The molecule has 0 aromatic carbocycles. The van der Waals surface area contributed by atoms with Gasteiger partial charge in [-0.25, -0.2) is 0 Å². The summed E-state index contributed by atoms with van der Waals surface area (Å²) in [4.78, 5) is 11.7. The first kappa shape index (κ1) is 11.9. The van der Waals surface area contributed by atoms with Crippen LogP contribution >= 0.6 is 0 Å². The van der Waals surface area contributed by atoms with E-state index in [1.807, 2.05) is 0 Å². The molecule has 3 atom stereocenters. The monoisotopic (exact) mass is 226 g/mol. The number of nitrogens with two attached hydrogens (primary N) is 1. The summed E-state index contributed by atoms with van der Waals surface area (Å²) in [5, 5.41) is 12.2. The van der Waals surface area contributed by atoms with Crippen LogP contribution in [0.3, 0.4) is 0 Å². The summed E-state index contributed by atoms with van der Waals surface area (Å²) >= 11 is 0. The lowest BCUT2D eigenvalue weighted by atomic mass is 10.0. The maximum absolute atomic E-state index is 11.7. The van der Waals surface area contributed by atoms with Gasteiger partial charge in [-0.1, -0.05) is 6.42 Å². The van der Waals surface area contributed by atoms with E-state index in [0.717, 1.165) is 19.3 Å². The lowest BCUT2D eigenvalue weighted by Gasteiger charge is -2.20. The van der Waals surface area contributed by atoms with Gasteiger partial charge in [-0.3, -0.25) is 4.79 Å². The molecule has 0 spiro atoms. The molecule has 92 valence electrons. The largest absolute Gasteiger partial charge is 0.396 e. The van der Waals surface area contributed by atoms with Crippen molar-refractivity contribution in [1.82, 2.24) is 5.32 Å². The van der Waals surface area contributed by atoms with Crippen molar-refractivity contribution >= 4 is 5.91 Å². The maximum atomic E-state index is 11.7. The van der Waals surface area contributed by atoms with Gasteiger partial charge in [-0.2, -0.15) is 0 Å². The van der Waals surface area contributed by atoms with E-state index < -0.39 is 0 Å². The van der Waals surface area contributed by atoms with Gasteiger partial charge in [0, 0.05) is 31.0 Å². The summed E-state index contributed by atoms with van der Waals surface area (Å²) in [6.45, 7) is 0.180. The second-order valence-electron chi connectivity index (χ2n) is 5.25. The zero-order chi connectivity index (χ0) is 11.5. The van der Waals surface area contributed by atoms with Gasteiger partial charge in [-0.15, -0.1) is 0 Å². The van der Waals surface area contributed by atoms with Crippen LogP contribution in [0.4, 0.5) is 0 Å². The molecule has 4 heteroatoms. The van der Waals surface area contributed by atoms with Gasteiger partial charge in [0.2, 0.25) is 5.91 Å². The second-order valence-corrected chi connectivity index (χ2v) is 5.25. The van der Waals surface area contributed by atoms with Crippen molar-refractivity contribution in [2.24, 2.45) is 17.6 Å². The fraction of sp³-hybridized carbons (Fsp3) is 0.917. The van der Waals surface area contributed by atoms with Crippen molar-refractivity contribution in [3.63, 3.8) is 0 Å². The average molecular weight is 226 g/mol. The van der Waals surface area contributed by atoms with Gasteiger partial charge in [0.15, 0.2) is 0 Å². The molecule has 4 N–H and O–H groups in total. The van der Waals surface area contributed by atoms with Crippen LogP contribution in [0.2, 0.25) is 0 Å². The minimum atomic E-state index is 0.0361. The van der Waals surface area contributed by atoms with Gasteiger partial charge >= 0.3 is 0 Å². The van der Waals surface area contributed by atoms with Crippen molar-refractivity contribution in [2.45, 2.75) is 50.6 Å². The molecule has 0 heterocycles. The van der Waals surface area contributed by atoms with Crippen molar-refractivity contribution in [3.05, 3.63) is 0 Å². The molecule has 2 fully saturated rings. The highest BCUT2D eigenvalue weighted by molar-refractivity contribution is 5.77. The van der Waals surface area contributed by atoms with Crippen LogP contribution < -0.4 is 11.1 Å². The van der Waals surface area contributed by atoms with Crippen LogP contribution in [0.25, 0.3) is 0 Å². The zero-order valence-electron chi connectivity index (χ0n) is 9.69. The van der Waals surface area contributed by atoms with Crippen LogP contribution in [0.5, 0.6) is 0 Å².